The second-order valence-corrected chi connectivity index (χ2v) is 4.40. The average molecular weight is 172 g/mol. The van der Waals surface area contributed by atoms with Crippen LogP contribution in [0.25, 0.3) is 0 Å². The average Bonchev–Trinajstić information content (AvgIpc) is 2.34. The van der Waals surface area contributed by atoms with E-state index in [2.05, 4.69) is 37.9 Å². The molecule has 0 spiro atoms. The van der Waals surface area contributed by atoms with E-state index in [0.29, 0.717) is 12.1 Å². The highest BCUT2D eigenvalue weighted by molar-refractivity contribution is 4.83. The lowest BCUT2D eigenvalue weighted by Crippen LogP contribution is -2.38. The number of hydrogen-bond acceptors (Lipinski definition) is 2. The number of nitrogens with one attached hydrogen (secondary N) is 1. The molecular weight excluding hydrogens is 148 g/mol. The van der Waals surface area contributed by atoms with Gasteiger partial charge in [0.25, 0.3) is 0 Å². The van der Waals surface area contributed by atoms with E-state index in [4.69, 9.17) is 0 Å². The topological polar surface area (TPSA) is 15.3 Å². The van der Waals surface area contributed by atoms with Crippen LogP contribution in [0.5, 0.6) is 0 Å². The van der Waals surface area contributed by atoms with E-state index < -0.39 is 0 Å². The maximum absolute atomic E-state index is 3.58. The molecule has 1 unspecified atom stereocenters. The van der Waals surface area contributed by atoms with Crippen LogP contribution < -0.4 is 5.32 Å². The summed E-state index contributed by atoms with van der Waals surface area (Å²) in [4.78, 5) is 2.54. The van der Waals surface area contributed by atoms with Crippen molar-refractivity contribution in [3.8, 4) is 0 Å². The van der Waals surface area contributed by atoms with Crippen molar-refractivity contribution in [3.05, 3.63) is 0 Å². The predicted octanol–water partition coefficient (Wildman–Crippen LogP) is 1.71. The molecule has 0 aromatic heterocycles. The molecule has 0 amide bonds. The molecule has 2 nitrogen and oxygen atoms in total. The summed E-state index contributed by atoms with van der Waals surface area (Å²) in [6.07, 6.45) is 1.32. The van der Waals surface area contributed by atoms with Gasteiger partial charge in [0.1, 0.15) is 0 Å². The van der Waals surface area contributed by atoms with Gasteiger partial charge in [-0.1, -0.05) is 13.8 Å². The lowest BCUT2D eigenvalue weighted by molar-refractivity contribution is 0.266. The minimum absolute atomic E-state index is 0. The van der Waals surface area contributed by atoms with Crippen LogP contribution in [0, 0.1) is 0 Å². The molecule has 1 heterocycles. The highest BCUT2D eigenvalue weighted by atomic mass is 15.2. The zero-order chi connectivity index (χ0) is 9.14. The first-order valence-electron chi connectivity index (χ1n) is 5.09. The quantitative estimate of drug-likeness (QED) is 0.697. The van der Waals surface area contributed by atoms with Gasteiger partial charge in [-0.2, -0.15) is 0 Å². The van der Waals surface area contributed by atoms with Crippen molar-refractivity contribution in [2.75, 3.05) is 13.1 Å². The molecule has 0 aliphatic carbocycles. The molecule has 74 valence electrons. The van der Waals surface area contributed by atoms with Crippen LogP contribution in [0.3, 0.4) is 0 Å². The molecule has 1 saturated heterocycles. The SMILES string of the molecule is CC(C)NC1CCN(C(C)C)C1.[HH]. The van der Waals surface area contributed by atoms with E-state index >= 15 is 0 Å². The maximum atomic E-state index is 3.58. The van der Waals surface area contributed by atoms with Gasteiger partial charge in [0.05, 0.1) is 0 Å². The molecule has 1 fully saturated rings. The zero-order valence-electron chi connectivity index (χ0n) is 8.80. The highest BCUT2D eigenvalue weighted by Crippen LogP contribution is 2.12. The zero-order valence-corrected chi connectivity index (χ0v) is 8.80. The van der Waals surface area contributed by atoms with Gasteiger partial charge in [-0.15, -0.1) is 0 Å². The second kappa shape index (κ2) is 4.24. The third kappa shape index (κ3) is 2.76. The maximum Gasteiger partial charge on any atom is 0.0209 e. The molecule has 0 aromatic rings. The Hall–Kier alpha value is -0.0800. The van der Waals surface area contributed by atoms with Gasteiger partial charge in [-0.05, 0) is 26.8 Å². The standard InChI is InChI=1S/C10H22N2.H2/c1-8(2)11-10-5-6-12(7-10)9(3)4;/h8-11H,5-7H2,1-4H3;1H. The number of hydrogen-bond donors (Lipinski definition) is 1. The Morgan fingerprint density at radius 2 is 2.00 bits per heavy atom. The molecule has 0 aromatic carbocycles. The third-order valence-corrected chi connectivity index (χ3v) is 2.52. The van der Waals surface area contributed by atoms with E-state index in [0.717, 1.165) is 6.04 Å². The monoisotopic (exact) mass is 172 g/mol. The molecule has 0 saturated carbocycles. The van der Waals surface area contributed by atoms with Crippen molar-refractivity contribution in [1.82, 2.24) is 10.2 Å². The molecule has 1 aliphatic heterocycles. The number of rotatable bonds is 3. The Kier molecular flexibility index (Phi) is 3.53. The predicted molar refractivity (Wildman–Crippen MR) is 55.5 cm³/mol. The fourth-order valence-corrected chi connectivity index (χ4v) is 1.86. The van der Waals surface area contributed by atoms with E-state index in [1.54, 1.807) is 0 Å². The van der Waals surface area contributed by atoms with Gasteiger partial charge in [0.15, 0.2) is 0 Å². The summed E-state index contributed by atoms with van der Waals surface area (Å²) < 4.78 is 0. The van der Waals surface area contributed by atoms with Crippen molar-refractivity contribution in [2.24, 2.45) is 0 Å². The summed E-state index contributed by atoms with van der Waals surface area (Å²) in [6.45, 7) is 11.5. The van der Waals surface area contributed by atoms with Crippen LogP contribution in [0.2, 0.25) is 0 Å². The van der Waals surface area contributed by atoms with Gasteiger partial charge in [-0.25, -0.2) is 0 Å². The minimum Gasteiger partial charge on any atom is -0.310 e. The van der Waals surface area contributed by atoms with Crippen LogP contribution in [-0.2, 0) is 0 Å². The van der Waals surface area contributed by atoms with Crippen molar-refractivity contribution in [2.45, 2.75) is 52.2 Å². The fraction of sp³-hybridized carbons (Fsp3) is 1.00. The fourth-order valence-electron chi connectivity index (χ4n) is 1.86. The minimum atomic E-state index is 0. The Balaban J connectivity index is 0.00000144. The summed E-state index contributed by atoms with van der Waals surface area (Å²) in [7, 11) is 0. The molecule has 1 atom stereocenters. The summed E-state index contributed by atoms with van der Waals surface area (Å²) in [6, 6.07) is 2.07. The first-order chi connectivity index (χ1) is 5.59. The first-order valence-corrected chi connectivity index (χ1v) is 5.09. The summed E-state index contributed by atoms with van der Waals surface area (Å²) >= 11 is 0. The van der Waals surface area contributed by atoms with E-state index in [9.17, 15) is 0 Å². The van der Waals surface area contributed by atoms with Crippen LogP contribution in [0.4, 0.5) is 0 Å². The Morgan fingerprint density at radius 1 is 1.33 bits per heavy atom. The Bertz CT molecular complexity index is 137. The molecule has 1 rings (SSSR count). The Labute approximate surface area is 77.8 Å². The van der Waals surface area contributed by atoms with E-state index in [-0.39, 0.29) is 1.43 Å². The van der Waals surface area contributed by atoms with Gasteiger partial charge in [0, 0.05) is 26.1 Å². The molecule has 0 bridgehead atoms. The van der Waals surface area contributed by atoms with Gasteiger partial charge >= 0.3 is 0 Å². The molecule has 2 heteroatoms. The lowest BCUT2D eigenvalue weighted by Gasteiger charge is -2.21. The summed E-state index contributed by atoms with van der Waals surface area (Å²) in [5.41, 5.74) is 0. The van der Waals surface area contributed by atoms with Crippen molar-refractivity contribution >= 4 is 0 Å². The van der Waals surface area contributed by atoms with E-state index in [1.807, 2.05) is 0 Å². The second-order valence-electron chi connectivity index (χ2n) is 4.40. The van der Waals surface area contributed by atoms with Gasteiger partial charge < -0.3 is 5.32 Å². The van der Waals surface area contributed by atoms with Crippen molar-refractivity contribution < 1.29 is 1.43 Å². The molecule has 0 radical (unpaired) electrons. The van der Waals surface area contributed by atoms with Crippen LogP contribution in [0.1, 0.15) is 35.5 Å². The van der Waals surface area contributed by atoms with Crippen LogP contribution in [0.15, 0.2) is 0 Å². The first kappa shape index (κ1) is 10.0. The largest absolute Gasteiger partial charge is 0.310 e. The normalized spacial score (nSPS) is 26.0. The molecule has 1 aliphatic rings. The van der Waals surface area contributed by atoms with Crippen LogP contribution >= 0.6 is 0 Å². The highest BCUT2D eigenvalue weighted by Gasteiger charge is 2.23. The van der Waals surface area contributed by atoms with Crippen molar-refractivity contribution in [1.29, 1.82) is 0 Å². The van der Waals surface area contributed by atoms with Gasteiger partial charge in [0.2, 0.25) is 0 Å². The smallest absolute Gasteiger partial charge is 0.0209 e. The van der Waals surface area contributed by atoms with Gasteiger partial charge in [-0.3, -0.25) is 4.90 Å². The summed E-state index contributed by atoms with van der Waals surface area (Å²) in [5.74, 6) is 0. The lowest BCUT2D eigenvalue weighted by atomic mass is 10.2. The number of likely N-dealkylation sites (tertiary alicyclic amines) is 1. The Morgan fingerprint density at radius 3 is 2.42 bits per heavy atom. The van der Waals surface area contributed by atoms with Crippen molar-refractivity contribution in [3.63, 3.8) is 0 Å². The molecular formula is C10H24N2. The van der Waals surface area contributed by atoms with Crippen LogP contribution in [-0.4, -0.2) is 36.1 Å². The summed E-state index contributed by atoms with van der Waals surface area (Å²) in [5, 5.41) is 3.58. The third-order valence-electron chi connectivity index (χ3n) is 2.52. The molecule has 1 N–H and O–H groups in total. The van der Waals surface area contributed by atoms with E-state index in [1.165, 1.54) is 19.5 Å². The number of nitrogens with zero attached hydrogens (tertiary/aromatic N) is 1. The molecule has 12 heavy (non-hydrogen) atoms.